The predicted octanol–water partition coefficient (Wildman–Crippen LogP) is 3.19. The molecule has 122 valence electrons. The number of H-pyrrole nitrogens is 1. The maximum absolute atomic E-state index is 12.7. The fraction of sp³-hybridized carbons (Fsp3) is 0.0625. The van der Waals surface area contributed by atoms with Crippen LogP contribution in [0.25, 0.3) is 10.9 Å². The van der Waals surface area contributed by atoms with Crippen molar-refractivity contribution >= 4 is 22.5 Å². The summed E-state index contributed by atoms with van der Waals surface area (Å²) in [4.78, 5) is 30.9. The molecule has 0 bridgehead atoms. The highest BCUT2D eigenvalue weighted by molar-refractivity contribution is 6.05. The van der Waals surface area contributed by atoms with Gasteiger partial charge in [0, 0.05) is 23.3 Å². The van der Waals surface area contributed by atoms with E-state index in [-0.39, 0.29) is 16.5 Å². The number of carbonyl (C=O) groups is 1. The van der Waals surface area contributed by atoms with Gasteiger partial charge >= 0.3 is 6.18 Å². The summed E-state index contributed by atoms with van der Waals surface area (Å²) in [6.45, 7) is 0. The van der Waals surface area contributed by atoms with Crippen molar-refractivity contribution in [1.29, 1.82) is 0 Å². The second-order valence-corrected chi connectivity index (χ2v) is 4.99. The predicted molar refractivity (Wildman–Crippen MR) is 81.8 cm³/mol. The number of rotatable bonds is 2. The molecule has 5 nitrogen and oxygen atoms in total. The van der Waals surface area contributed by atoms with Crippen LogP contribution in [0.4, 0.5) is 18.9 Å². The number of fused-ring (bicyclic) bond motifs is 1. The van der Waals surface area contributed by atoms with E-state index in [1.54, 1.807) is 12.1 Å². The number of anilines is 1. The lowest BCUT2D eigenvalue weighted by Crippen LogP contribution is -2.22. The van der Waals surface area contributed by atoms with E-state index in [9.17, 15) is 22.8 Å². The Morgan fingerprint density at radius 1 is 1.21 bits per heavy atom. The number of aromatic amines is 1. The number of pyridine rings is 2. The van der Waals surface area contributed by atoms with E-state index in [0.717, 1.165) is 24.4 Å². The minimum absolute atomic E-state index is 0.00170. The summed E-state index contributed by atoms with van der Waals surface area (Å²) in [5.41, 5.74) is -1.33. The summed E-state index contributed by atoms with van der Waals surface area (Å²) in [6, 6.07) is 5.90. The van der Waals surface area contributed by atoms with Crippen LogP contribution in [0.2, 0.25) is 0 Å². The van der Waals surface area contributed by atoms with Crippen molar-refractivity contribution in [2.45, 2.75) is 6.18 Å². The van der Waals surface area contributed by atoms with Crippen molar-refractivity contribution in [3.05, 3.63) is 70.3 Å². The minimum atomic E-state index is -4.51. The van der Waals surface area contributed by atoms with Crippen LogP contribution in [0.3, 0.4) is 0 Å². The molecule has 2 aromatic heterocycles. The molecular formula is C16H10F3N3O2. The van der Waals surface area contributed by atoms with Gasteiger partial charge in [-0.25, -0.2) is 0 Å². The van der Waals surface area contributed by atoms with E-state index < -0.39 is 23.1 Å². The number of carbonyl (C=O) groups excluding carboxylic acids is 1. The number of aromatic nitrogens is 2. The number of halogens is 3. The molecule has 0 aliphatic carbocycles. The largest absolute Gasteiger partial charge is 0.416 e. The number of nitrogens with zero attached hydrogens (tertiary/aromatic N) is 1. The first-order valence-electron chi connectivity index (χ1n) is 6.80. The van der Waals surface area contributed by atoms with Gasteiger partial charge in [0.15, 0.2) is 0 Å². The molecule has 2 N–H and O–H groups in total. The summed E-state index contributed by atoms with van der Waals surface area (Å²) in [7, 11) is 0. The van der Waals surface area contributed by atoms with Crippen LogP contribution in [0.15, 0.2) is 53.7 Å². The van der Waals surface area contributed by atoms with Gasteiger partial charge in [0.1, 0.15) is 5.56 Å². The molecular weight excluding hydrogens is 323 g/mol. The Morgan fingerprint density at radius 2 is 2.00 bits per heavy atom. The van der Waals surface area contributed by atoms with Gasteiger partial charge in [-0.15, -0.1) is 0 Å². The molecule has 0 saturated heterocycles. The molecule has 0 aliphatic rings. The van der Waals surface area contributed by atoms with Gasteiger partial charge in [-0.3, -0.25) is 14.6 Å². The zero-order valence-corrected chi connectivity index (χ0v) is 12.0. The Kier molecular flexibility index (Phi) is 3.80. The fourth-order valence-corrected chi connectivity index (χ4v) is 2.20. The lowest BCUT2D eigenvalue weighted by molar-refractivity contribution is -0.137. The van der Waals surface area contributed by atoms with Crippen molar-refractivity contribution in [2.75, 3.05) is 5.32 Å². The Morgan fingerprint density at radius 3 is 2.67 bits per heavy atom. The van der Waals surface area contributed by atoms with Crippen LogP contribution in [-0.4, -0.2) is 15.9 Å². The monoisotopic (exact) mass is 333 g/mol. The van der Waals surface area contributed by atoms with Gasteiger partial charge in [-0.1, -0.05) is 0 Å². The molecule has 0 radical (unpaired) electrons. The Bertz CT molecular complexity index is 966. The number of benzene rings is 1. The lowest BCUT2D eigenvalue weighted by Gasteiger charge is -2.09. The van der Waals surface area contributed by atoms with Crippen LogP contribution in [-0.2, 0) is 6.18 Å². The highest BCUT2D eigenvalue weighted by Crippen LogP contribution is 2.30. The minimum Gasteiger partial charge on any atom is -0.360 e. The molecule has 3 aromatic rings. The third-order valence-electron chi connectivity index (χ3n) is 3.37. The van der Waals surface area contributed by atoms with Gasteiger partial charge in [0.25, 0.3) is 5.91 Å². The first-order valence-corrected chi connectivity index (χ1v) is 6.80. The van der Waals surface area contributed by atoms with E-state index in [2.05, 4.69) is 15.3 Å². The van der Waals surface area contributed by atoms with Crippen LogP contribution >= 0.6 is 0 Å². The maximum Gasteiger partial charge on any atom is 0.416 e. The molecule has 1 amide bonds. The van der Waals surface area contributed by atoms with E-state index in [1.807, 2.05) is 0 Å². The molecule has 0 unspecified atom stereocenters. The van der Waals surface area contributed by atoms with Crippen molar-refractivity contribution < 1.29 is 18.0 Å². The second-order valence-electron chi connectivity index (χ2n) is 4.99. The van der Waals surface area contributed by atoms with E-state index >= 15 is 0 Å². The third kappa shape index (κ3) is 2.98. The van der Waals surface area contributed by atoms with Crippen molar-refractivity contribution in [3.8, 4) is 0 Å². The molecule has 1 aromatic carbocycles. The summed E-state index contributed by atoms with van der Waals surface area (Å²) in [5.74, 6) is -0.675. The standard InChI is InChI=1S/C16H10F3N3O2/c17-16(18,19)9-3-4-11-13(6-9)21-8-12(14(11)23)15(24)22-10-2-1-5-20-7-10/h1-8H,(H,21,23)(H,22,24). The second kappa shape index (κ2) is 5.80. The van der Waals surface area contributed by atoms with Gasteiger partial charge in [-0.2, -0.15) is 13.2 Å². The lowest BCUT2D eigenvalue weighted by atomic mass is 10.1. The molecule has 2 heterocycles. The fourth-order valence-electron chi connectivity index (χ4n) is 2.20. The molecule has 8 heteroatoms. The van der Waals surface area contributed by atoms with Gasteiger partial charge < -0.3 is 10.3 Å². The SMILES string of the molecule is O=C(Nc1cccnc1)c1c[nH]c2cc(C(F)(F)F)ccc2c1=O. The molecule has 0 spiro atoms. The number of amides is 1. The van der Waals surface area contributed by atoms with E-state index in [4.69, 9.17) is 0 Å². The van der Waals surface area contributed by atoms with Crippen LogP contribution in [0, 0.1) is 0 Å². The van der Waals surface area contributed by atoms with Crippen LogP contribution < -0.4 is 10.7 Å². The summed E-state index contributed by atoms with van der Waals surface area (Å²) in [5, 5.41) is 2.50. The molecule has 3 rings (SSSR count). The van der Waals surface area contributed by atoms with Gasteiger partial charge in [0.05, 0.1) is 17.4 Å². The molecule has 0 atom stereocenters. The molecule has 24 heavy (non-hydrogen) atoms. The highest BCUT2D eigenvalue weighted by atomic mass is 19.4. The average Bonchev–Trinajstić information content (AvgIpc) is 2.55. The van der Waals surface area contributed by atoms with E-state index in [0.29, 0.717) is 5.69 Å². The van der Waals surface area contributed by atoms with Crippen LogP contribution in [0.5, 0.6) is 0 Å². The Labute approximate surface area is 133 Å². The van der Waals surface area contributed by atoms with Crippen molar-refractivity contribution in [1.82, 2.24) is 9.97 Å². The number of nitrogens with one attached hydrogen (secondary N) is 2. The zero-order chi connectivity index (χ0) is 17.3. The normalized spacial score (nSPS) is 11.5. The highest BCUT2D eigenvalue weighted by Gasteiger charge is 2.30. The summed E-state index contributed by atoms with van der Waals surface area (Å²) < 4.78 is 38.1. The number of alkyl halides is 3. The quantitative estimate of drug-likeness (QED) is 0.756. The summed E-state index contributed by atoms with van der Waals surface area (Å²) >= 11 is 0. The topological polar surface area (TPSA) is 74.8 Å². The maximum atomic E-state index is 12.7. The first-order chi connectivity index (χ1) is 11.4. The zero-order valence-electron chi connectivity index (χ0n) is 12.0. The molecule has 0 fully saturated rings. The average molecular weight is 333 g/mol. The summed E-state index contributed by atoms with van der Waals surface area (Å²) in [6.07, 6.45) is -0.489. The smallest absolute Gasteiger partial charge is 0.360 e. The van der Waals surface area contributed by atoms with Gasteiger partial charge in [-0.05, 0) is 30.3 Å². The first kappa shape index (κ1) is 15.7. The van der Waals surface area contributed by atoms with E-state index in [1.165, 1.54) is 12.4 Å². The molecule has 0 saturated carbocycles. The number of hydrogen-bond donors (Lipinski definition) is 2. The van der Waals surface area contributed by atoms with Gasteiger partial charge in [0.2, 0.25) is 5.43 Å². The van der Waals surface area contributed by atoms with Crippen molar-refractivity contribution in [2.24, 2.45) is 0 Å². The van der Waals surface area contributed by atoms with Crippen LogP contribution in [0.1, 0.15) is 15.9 Å². The molecule has 0 aliphatic heterocycles. The number of hydrogen-bond acceptors (Lipinski definition) is 3. The Hall–Kier alpha value is -3.16. The Balaban J connectivity index is 2.00. The third-order valence-corrected chi connectivity index (χ3v) is 3.37. The van der Waals surface area contributed by atoms with Crippen molar-refractivity contribution in [3.63, 3.8) is 0 Å².